The molecule has 2 aromatic rings. The maximum Gasteiger partial charge on any atom is 0.407 e. The third-order valence-electron chi connectivity index (χ3n) is 2.99. The molecule has 0 radical (unpaired) electrons. The summed E-state index contributed by atoms with van der Waals surface area (Å²) in [4.78, 5) is 25.6. The minimum Gasteiger partial charge on any atom is -0.444 e. The van der Waals surface area contributed by atoms with Gasteiger partial charge in [-0.3, -0.25) is 4.79 Å². The molecule has 0 bridgehead atoms. The highest BCUT2D eigenvalue weighted by atomic mass is 16.6. The molecule has 0 saturated carbocycles. The molecular weight excluding hydrogens is 268 g/mol. The Hall–Kier alpha value is -2.30. The van der Waals surface area contributed by atoms with Crippen molar-refractivity contribution in [3.63, 3.8) is 0 Å². The number of ether oxygens (including phenoxy) is 1. The van der Waals surface area contributed by atoms with Gasteiger partial charge in [0, 0.05) is 29.2 Å². The van der Waals surface area contributed by atoms with Crippen LogP contribution in [0.5, 0.6) is 0 Å². The summed E-state index contributed by atoms with van der Waals surface area (Å²) < 4.78 is 5.18. The molecular formula is C16H20N2O3. The lowest BCUT2D eigenvalue weighted by molar-refractivity contribution is 0.0528. The van der Waals surface area contributed by atoms with Crippen molar-refractivity contribution in [3.05, 3.63) is 35.5 Å². The number of amides is 1. The number of rotatable bonds is 4. The van der Waals surface area contributed by atoms with Gasteiger partial charge in [-0.2, -0.15) is 0 Å². The molecule has 112 valence electrons. The lowest BCUT2D eigenvalue weighted by Gasteiger charge is -2.19. The highest BCUT2D eigenvalue weighted by Gasteiger charge is 2.15. The SMILES string of the molecule is CC(C)(C)OC(=O)NCCc1c[nH]c2ccc(C=O)cc12. The van der Waals surface area contributed by atoms with E-state index in [0.29, 0.717) is 18.5 Å². The molecule has 2 rings (SSSR count). The van der Waals surface area contributed by atoms with E-state index < -0.39 is 11.7 Å². The third-order valence-corrected chi connectivity index (χ3v) is 2.99. The average molecular weight is 288 g/mol. The maximum absolute atomic E-state index is 11.6. The molecule has 21 heavy (non-hydrogen) atoms. The lowest BCUT2D eigenvalue weighted by atomic mass is 10.1. The Morgan fingerprint density at radius 1 is 1.38 bits per heavy atom. The first kappa shape index (κ1) is 15.1. The molecule has 0 unspecified atom stereocenters. The van der Waals surface area contributed by atoms with Crippen LogP contribution >= 0.6 is 0 Å². The van der Waals surface area contributed by atoms with E-state index in [9.17, 15) is 9.59 Å². The highest BCUT2D eigenvalue weighted by Crippen LogP contribution is 2.19. The molecule has 1 heterocycles. The summed E-state index contributed by atoms with van der Waals surface area (Å²) in [6, 6.07) is 5.50. The Bertz CT molecular complexity index is 653. The molecule has 0 aliphatic rings. The normalized spacial score (nSPS) is 11.4. The van der Waals surface area contributed by atoms with E-state index in [1.807, 2.05) is 39.1 Å². The van der Waals surface area contributed by atoms with Gasteiger partial charge in [-0.1, -0.05) is 0 Å². The van der Waals surface area contributed by atoms with Gasteiger partial charge in [-0.05, 0) is 51.0 Å². The predicted molar refractivity (Wildman–Crippen MR) is 81.6 cm³/mol. The first-order valence-electron chi connectivity index (χ1n) is 6.91. The molecule has 1 amide bonds. The first-order chi connectivity index (χ1) is 9.89. The Labute approximate surface area is 123 Å². The Kier molecular flexibility index (Phi) is 4.31. The van der Waals surface area contributed by atoms with Gasteiger partial charge < -0.3 is 15.0 Å². The number of carbonyl (C=O) groups is 2. The van der Waals surface area contributed by atoms with Crippen molar-refractivity contribution >= 4 is 23.3 Å². The first-order valence-corrected chi connectivity index (χ1v) is 6.91. The molecule has 0 atom stereocenters. The number of benzene rings is 1. The summed E-state index contributed by atoms with van der Waals surface area (Å²) in [6.45, 7) is 5.96. The number of aromatic amines is 1. The summed E-state index contributed by atoms with van der Waals surface area (Å²) in [5.41, 5.74) is 2.19. The summed E-state index contributed by atoms with van der Waals surface area (Å²) in [5.74, 6) is 0. The zero-order valence-corrected chi connectivity index (χ0v) is 12.5. The minimum atomic E-state index is -0.496. The summed E-state index contributed by atoms with van der Waals surface area (Å²) >= 11 is 0. The van der Waals surface area contributed by atoms with Crippen LogP contribution in [0.4, 0.5) is 4.79 Å². The predicted octanol–water partition coefficient (Wildman–Crippen LogP) is 3.05. The number of alkyl carbamates (subject to hydrolysis) is 1. The number of H-pyrrole nitrogens is 1. The largest absolute Gasteiger partial charge is 0.444 e. The number of fused-ring (bicyclic) bond motifs is 1. The van der Waals surface area contributed by atoms with Gasteiger partial charge in [0.2, 0.25) is 0 Å². The van der Waals surface area contributed by atoms with E-state index >= 15 is 0 Å². The third kappa shape index (κ3) is 4.08. The minimum absolute atomic E-state index is 0.420. The lowest BCUT2D eigenvalue weighted by Crippen LogP contribution is -2.33. The van der Waals surface area contributed by atoms with E-state index in [2.05, 4.69) is 10.3 Å². The van der Waals surface area contributed by atoms with Crippen molar-refractivity contribution in [1.29, 1.82) is 0 Å². The summed E-state index contributed by atoms with van der Waals surface area (Å²) in [6.07, 6.45) is 2.98. The van der Waals surface area contributed by atoms with E-state index in [0.717, 1.165) is 22.8 Å². The second-order valence-electron chi connectivity index (χ2n) is 5.92. The average Bonchev–Trinajstić information content (AvgIpc) is 2.79. The number of aldehydes is 1. The molecule has 0 saturated heterocycles. The van der Waals surface area contributed by atoms with Crippen LogP contribution in [0.1, 0.15) is 36.7 Å². The van der Waals surface area contributed by atoms with E-state index in [-0.39, 0.29) is 0 Å². The molecule has 0 spiro atoms. The smallest absolute Gasteiger partial charge is 0.407 e. The van der Waals surface area contributed by atoms with Crippen LogP contribution in [0.25, 0.3) is 10.9 Å². The molecule has 0 aliphatic carbocycles. The van der Waals surface area contributed by atoms with Crippen molar-refractivity contribution in [2.75, 3.05) is 6.54 Å². The van der Waals surface area contributed by atoms with E-state index in [4.69, 9.17) is 4.74 Å². The van der Waals surface area contributed by atoms with Gasteiger partial charge >= 0.3 is 6.09 Å². The van der Waals surface area contributed by atoms with Crippen molar-refractivity contribution in [2.24, 2.45) is 0 Å². The standard InChI is InChI=1S/C16H20N2O3/c1-16(2,3)21-15(20)17-7-6-12-9-18-14-5-4-11(10-19)8-13(12)14/h4-5,8-10,18H,6-7H2,1-3H3,(H,17,20). The quantitative estimate of drug-likeness (QED) is 0.849. The van der Waals surface area contributed by atoms with Crippen LogP contribution < -0.4 is 5.32 Å². The Morgan fingerprint density at radius 3 is 2.81 bits per heavy atom. The van der Waals surface area contributed by atoms with Gasteiger partial charge in [0.15, 0.2) is 0 Å². The number of aromatic nitrogens is 1. The van der Waals surface area contributed by atoms with Gasteiger partial charge in [0.1, 0.15) is 11.9 Å². The number of hydrogen-bond acceptors (Lipinski definition) is 3. The van der Waals surface area contributed by atoms with Crippen LogP contribution in [0.15, 0.2) is 24.4 Å². The van der Waals surface area contributed by atoms with Crippen LogP contribution in [0.3, 0.4) is 0 Å². The molecule has 5 heteroatoms. The molecule has 2 N–H and O–H groups in total. The number of hydrogen-bond donors (Lipinski definition) is 2. The van der Waals surface area contributed by atoms with Crippen molar-refractivity contribution in [3.8, 4) is 0 Å². The van der Waals surface area contributed by atoms with Crippen molar-refractivity contribution in [2.45, 2.75) is 32.8 Å². The van der Waals surface area contributed by atoms with Crippen LogP contribution in [-0.2, 0) is 11.2 Å². The highest BCUT2D eigenvalue weighted by molar-refractivity contribution is 5.89. The topological polar surface area (TPSA) is 71.2 Å². The van der Waals surface area contributed by atoms with Crippen LogP contribution in [0, 0.1) is 0 Å². The molecule has 1 aromatic heterocycles. The fraction of sp³-hybridized carbons (Fsp3) is 0.375. The number of nitrogens with one attached hydrogen (secondary N) is 2. The maximum atomic E-state index is 11.6. The fourth-order valence-electron chi connectivity index (χ4n) is 2.09. The van der Waals surface area contributed by atoms with Gasteiger partial charge in [-0.15, -0.1) is 0 Å². The van der Waals surface area contributed by atoms with E-state index in [1.54, 1.807) is 6.07 Å². The summed E-state index contributed by atoms with van der Waals surface area (Å²) in [7, 11) is 0. The Morgan fingerprint density at radius 2 is 2.14 bits per heavy atom. The second-order valence-corrected chi connectivity index (χ2v) is 5.92. The van der Waals surface area contributed by atoms with Crippen LogP contribution in [-0.4, -0.2) is 29.5 Å². The van der Waals surface area contributed by atoms with Crippen molar-refractivity contribution < 1.29 is 14.3 Å². The fourth-order valence-corrected chi connectivity index (χ4v) is 2.09. The van der Waals surface area contributed by atoms with Crippen LogP contribution in [0.2, 0.25) is 0 Å². The zero-order chi connectivity index (χ0) is 15.5. The molecule has 0 aliphatic heterocycles. The number of carbonyl (C=O) groups excluding carboxylic acids is 2. The van der Waals surface area contributed by atoms with Gasteiger partial charge in [0.05, 0.1) is 0 Å². The van der Waals surface area contributed by atoms with E-state index in [1.165, 1.54) is 0 Å². The Balaban J connectivity index is 1.97. The van der Waals surface area contributed by atoms with Crippen molar-refractivity contribution in [1.82, 2.24) is 10.3 Å². The van der Waals surface area contributed by atoms with Gasteiger partial charge in [-0.25, -0.2) is 4.79 Å². The van der Waals surface area contributed by atoms with Gasteiger partial charge in [0.25, 0.3) is 0 Å². The zero-order valence-electron chi connectivity index (χ0n) is 12.5. The summed E-state index contributed by atoms with van der Waals surface area (Å²) in [5, 5.41) is 3.73. The monoisotopic (exact) mass is 288 g/mol. The molecule has 1 aromatic carbocycles. The second kappa shape index (κ2) is 5.99. The molecule has 0 fully saturated rings. The molecule has 5 nitrogen and oxygen atoms in total.